The Morgan fingerprint density at radius 3 is 2.53 bits per heavy atom. The summed E-state index contributed by atoms with van der Waals surface area (Å²) in [6.07, 6.45) is 3.52. The van der Waals surface area contributed by atoms with Crippen molar-refractivity contribution in [3.05, 3.63) is 0 Å². The van der Waals surface area contributed by atoms with Crippen LogP contribution in [0, 0.1) is 5.41 Å². The quantitative estimate of drug-likeness (QED) is 0.698. The number of methoxy groups -OCH3 is 1. The first-order valence-electron chi connectivity index (χ1n) is 6.68. The van der Waals surface area contributed by atoms with Crippen LogP contribution in [0.2, 0.25) is 0 Å². The van der Waals surface area contributed by atoms with Gasteiger partial charge >= 0.3 is 12.0 Å². The van der Waals surface area contributed by atoms with Crippen molar-refractivity contribution in [2.45, 2.75) is 38.6 Å². The van der Waals surface area contributed by atoms with E-state index in [0.29, 0.717) is 19.6 Å². The third-order valence-electron chi connectivity index (χ3n) is 3.87. The Kier molecular flexibility index (Phi) is 5.60. The molecule has 1 fully saturated rings. The summed E-state index contributed by atoms with van der Waals surface area (Å²) in [6.45, 7) is 3.04. The number of likely N-dealkylation sites (N-methyl/N-ethyl adjacent to an activating group) is 1. The zero-order chi connectivity index (χ0) is 14.5. The SMILES string of the molecule is CCC(C(=O)O)N(C)C(=O)NCC1(CCOC)CC1. The highest BCUT2D eigenvalue weighted by Crippen LogP contribution is 2.48. The van der Waals surface area contributed by atoms with Crippen LogP contribution in [-0.4, -0.2) is 55.4 Å². The molecule has 2 N–H and O–H groups in total. The third kappa shape index (κ3) is 4.38. The Balaban J connectivity index is 2.40. The number of hydrogen-bond acceptors (Lipinski definition) is 3. The second kappa shape index (κ2) is 6.75. The van der Waals surface area contributed by atoms with Crippen LogP contribution in [0.4, 0.5) is 4.79 Å². The van der Waals surface area contributed by atoms with Crippen LogP contribution in [0.25, 0.3) is 0 Å². The number of carbonyl (C=O) groups excluding carboxylic acids is 1. The number of ether oxygens (including phenoxy) is 1. The van der Waals surface area contributed by atoms with Crippen LogP contribution >= 0.6 is 0 Å². The van der Waals surface area contributed by atoms with E-state index in [1.54, 1.807) is 14.0 Å². The minimum atomic E-state index is -0.972. The topological polar surface area (TPSA) is 78.9 Å². The molecular formula is C13H24N2O4. The van der Waals surface area contributed by atoms with Crippen molar-refractivity contribution in [3.63, 3.8) is 0 Å². The molecule has 6 heteroatoms. The molecule has 110 valence electrons. The number of urea groups is 1. The van der Waals surface area contributed by atoms with E-state index in [9.17, 15) is 9.59 Å². The lowest BCUT2D eigenvalue weighted by Gasteiger charge is -2.25. The van der Waals surface area contributed by atoms with E-state index in [2.05, 4.69) is 5.32 Å². The number of rotatable bonds is 8. The fourth-order valence-corrected chi connectivity index (χ4v) is 2.15. The number of aliphatic carboxylic acids is 1. The summed E-state index contributed by atoms with van der Waals surface area (Å²) < 4.78 is 5.06. The monoisotopic (exact) mass is 272 g/mol. The zero-order valence-corrected chi connectivity index (χ0v) is 11.9. The van der Waals surface area contributed by atoms with Gasteiger partial charge < -0.3 is 20.1 Å². The average Bonchev–Trinajstić information content (AvgIpc) is 3.14. The highest BCUT2D eigenvalue weighted by molar-refractivity contribution is 5.82. The largest absolute Gasteiger partial charge is 0.480 e. The molecule has 1 aliphatic carbocycles. The third-order valence-corrected chi connectivity index (χ3v) is 3.87. The Labute approximate surface area is 114 Å². The van der Waals surface area contributed by atoms with Gasteiger partial charge in [-0.15, -0.1) is 0 Å². The number of carboxylic acid groups (broad SMARTS) is 1. The molecule has 0 aliphatic heterocycles. The first-order valence-corrected chi connectivity index (χ1v) is 6.68. The molecule has 1 aliphatic rings. The maximum Gasteiger partial charge on any atom is 0.326 e. The van der Waals surface area contributed by atoms with Gasteiger partial charge in [0, 0.05) is 27.3 Å². The van der Waals surface area contributed by atoms with Crippen LogP contribution in [0.5, 0.6) is 0 Å². The highest BCUT2D eigenvalue weighted by atomic mass is 16.5. The summed E-state index contributed by atoms with van der Waals surface area (Å²) >= 11 is 0. The molecule has 1 saturated carbocycles. The summed E-state index contributed by atoms with van der Waals surface area (Å²) in [7, 11) is 3.19. The number of hydrogen-bond donors (Lipinski definition) is 2. The maximum absolute atomic E-state index is 11.9. The second-order valence-corrected chi connectivity index (χ2v) is 5.27. The molecule has 6 nitrogen and oxygen atoms in total. The van der Waals surface area contributed by atoms with Crippen LogP contribution < -0.4 is 5.32 Å². The molecule has 1 rings (SSSR count). The van der Waals surface area contributed by atoms with Gasteiger partial charge in [-0.1, -0.05) is 6.92 Å². The fraction of sp³-hybridized carbons (Fsp3) is 0.846. The van der Waals surface area contributed by atoms with Crippen LogP contribution in [-0.2, 0) is 9.53 Å². The van der Waals surface area contributed by atoms with Crippen molar-refractivity contribution in [2.75, 3.05) is 27.3 Å². The van der Waals surface area contributed by atoms with Gasteiger partial charge in [-0.05, 0) is 31.1 Å². The van der Waals surface area contributed by atoms with Crippen LogP contribution in [0.3, 0.4) is 0 Å². The minimum absolute atomic E-state index is 0.164. The van der Waals surface area contributed by atoms with E-state index in [1.807, 2.05) is 0 Å². The molecule has 0 spiro atoms. The molecule has 0 bridgehead atoms. The Bertz CT molecular complexity index is 329. The van der Waals surface area contributed by atoms with Crippen LogP contribution in [0.1, 0.15) is 32.6 Å². The van der Waals surface area contributed by atoms with Gasteiger partial charge in [0.15, 0.2) is 0 Å². The summed E-state index contributed by atoms with van der Waals surface area (Å²) in [5.41, 5.74) is 0.164. The van der Waals surface area contributed by atoms with E-state index < -0.39 is 12.0 Å². The number of carboxylic acids is 1. The predicted octanol–water partition coefficient (Wildman–Crippen LogP) is 1.31. The smallest absolute Gasteiger partial charge is 0.326 e. The number of nitrogens with zero attached hydrogens (tertiary/aromatic N) is 1. The van der Waals surface area contributed by atoms with Crippen molar-refractivity contribution in [1.29, 1.82) is 0 Å². The molecule has 19 heavy (non-hydrogen) atoms. The molecule has 0 radical (unpaired) electrons. The summed E-state index contributed by atoms with van der Waals surface area (Å²) in [6, 6.07) is -1.09. The average molecular weight is 272 g/mol. The molecule has 1 unspecified atom stereocenters. The molecule has 2 amide bonds. The standard InChI is InChI=1S/C13H24N2O4/c1-4-10(11(16)17)15(2)12(18)14-9-13(5-6-13)7-8-19-3/h10H,4-9H2,1-3H3,(H,14,18)(H,16,17). The first-order chi connectivity index (χ1) is 8.95. The minimum Gasteiger partial charge on any atom is -0.480 e. The van der Waals surface area contributed by atoms with Crippen molar-refractivity contribution < 1.29 is 19.4 Å². The van der Waals surface area contributed by atoms with Crippen molar-refractivity contribution >= 4 is 12.0 Å². The first kappa shape index (κ1) is 15.8. The van der Waals surface area contributed by atoms with Gasteiger partial charge in [0.2, 0.25) is 0 Å². The van der Waals surface area contributed by atoms with E-state index in [1.165, 1.54) is 11.9 Å². The van der Waals surface area contributed by atoms with E-state index in [-0.39, 0.29) is 11.4 Å². The summed E-state index contributed by atoms with van der Waals surface area (Å²) in [5.74, 6) is -0.972. The molecule has 0 aromatic heterocycles. The van der Waals surface area contributed by atoms with Crippen LogP contribution in [0.15, 0.2) is 0 Å². The molecule has 0 saturated heterocycles. The van der Waals surface area contributed by atoms with Crippen molar-refractivity contribution in [3.8, 4) is 0 Å². The Morgan fingerprint density at radius 1 is 1.47 bits per heavy atom. The van der Waals surface area contributed by atoms with Gasteiger partial charge in [0.25, 0.3) is 0 Å². The lowest BCUT2D eigenvalue weighted by molar-refractivity contribution is -0.141. The molecule has 0 heterocycles. The maximum atomic E-state index is 11.9. The van der Waals surface area contributed by atoms with Gasteiger partial charge in [0.1, 0.15) is 6.04 Å². The molecule has 1 atom stereocenters. The van der Waals surface area contributed by atoms with E-state index in [0.717, 1.165) is 19.3 Å². The van der Waals surface area contributed by atoms with Gasteiger partial charge in [-0.25, -0.2) is 9.59 Å². The highest BCUT2D eigenvalue weighted by Gasteiger charge is 2.42. The van der Waals surface area contributed by atoms with Crippen molar-refractivity contribution in [2.24, 2.45) is 5.41 Å². The summed E-state index contributed by atoms with van der Waals surface area (Å²) in [4.78, 5) is 24.2. The normalized spacial score (nSPS) is 17.6. The van der Waals surface area contributed by atoms with E-state index in [4.69, 9.17) is 9.84 Å². The number of nitrogens with one attached hydrogen (secondary N) is 1. The molecule has 0 aromatic rings. The zero-order valence-electron chi connectivity index (χ0n) is 11.9. The fourth-order valence-electron chi connectivity index (χ4n) is 2.15. The van der Waals surface area contributed by atoms with Gasteiger partial charge in [-0.2, -0.15) is 0 Å². The molecular weight excluding hydrogens is 248 g/mol. The number of amides is 2. The van der Waals surface area contributed by atoms with E-state index >= 15 is 0 Å². The lowest BCUT2D eigenvalue weighted by Crippen LogP contribution is -2.48. The Morgan fingerprint density at radius 2 is 2.11 bits per heavy atom. The predicted molar refractivity (Wildman–Crippen MR) is 71.0 cm³/mol. The Hall–Kier alpha value is -1.30. The van der Waals surface area contributed by atoms with Crippen molar-refractivity contribution in [1.82, 2.24) is 10.2 Å². The number of carbonyl (C=O) groups is 2. The summed E-state index contributed by atoms with van der Waals surface area (Å²) in [5, 5.41) is 11.8. The molecule has 0 aromatic carbocycles. The second-order valence-electron chi connectivity index (χ2n) is 5.27. The van der Waals surface area contributed by atoms with Gasteiger partial charge in [0.05, 0.1) is 0 Å². The van der Waals surface area contributed by atoms with Gasteiger partial charge in [-0.3, -0.25) is 0 Å². The lowest BCUT2D eigenvalue weighted by atomic mass is 10.0.